The van der Waals surface area contributed by atoms with Crippen LogP contribution >= 0.6 is 0 Å². The molecule has 0 saturated carbocycles. The molecule has 7 nitrogen and oxygen atoms in total. The van der Waals surface area contributed by atoms with E-state index in [-0.39, 0.29) is 49.2 Å². The number of hydrogen-bond acceptors (Lipinski definition) is 6. The maximum absolute atomic E-state index is 16.1. The average molecular weight is 562 g/mol. The molecule has 2 heterocycles. The number of likely N-dealkylation sites (tertiary alicyclic amines) is 1. The summed E-state index contributed by atoms with van der Waals surface area (Å²) in [7, 11) is 0. The lowest BCUT2D eigenvalue weighted by Gasteiger charge is -2.41. The Morgan fingerprint density at radius 3 is 2.68 bits per heavy atom. The normalized spacial score (nSPS) is 17.7. The van der Waals surface area contributed by atoms with Gasteiger partial charge in [-0.25, -0.2) is 13.6 Å². The lowest BCUT2D eigenvalue weighted by Crippen LogP contribution is -2.43. The number of pyridine rings is 1. The minimum absolute atomic E-state index is 0.0510. The van der Waals surface area contributed by atoms with Crippen molar-refractivity contribution in [2.75, 3.05) is 13.2 Å². The van der Waals surface area contributed by atoms with Crippen molar-refractivity contribution in [1.82, 2.24) is 9.88 Å². The average Bonchev–Trinajstić information content (AvgIpc) is 2.99. The Kier molecular flexibility index (Phi) is 8.24. The Balaban J connectivity index is 1.52. The molecular weight excluding hydrogens is 535 g/mol. The fourth-order valence-corrected chi connectivity index (χ4v) is 5.01. The van der Waals surface area contributed by atoms with E-state index in [1.54, 1.807) is 6.92 Å². The van der Waals surface area contributed by atoms with Crippen molar-refractivity contribution in [3.63, 3.8) is 0 Å². The van der Waals surface area contributed by atoms with Gasteiger partial charge in [0.25, 0.3) is 11.8 Å². The van der Waals surface area contributed by atoms with Gasteiger partial charge in [0.05, 0.1) is 29.8 Å². The van der Waals surface area contributed by atoms with Crippen molar-refractivity contribution in [2.24, 2.45) is 5.92 Å². The van der Waals surface area contributed by atoms with Crippen LogP contribution in [0, 0.1) is 34.8 Å². The summed E-state index contributed by atoms with van der Waals surface area (Å²) in [6, 6.07) is 14.2. The summed E-state index contributed by atoms with van der Waals surface area (Å²) < 4.78 is 63.0. The maximum Gasteiger partial charge on any atom is 0.410 e. The lowest BCUT2D eigenvalue weighted by atomic mass is 9.80. The van der Waals surface area contributed by atoms with Gasteiger partial charge >= 0.3 is 6.09 Å². The largest absolute Gasteiger partial charge is 0.485 e. The van der Waals surface area contributed by atoms with Crippen LogP contribution in [0.25, 0.3) is 0 Å². The molecule has 0 spiro atoms. The number of carbonyl (C=O) groups excluding carboxylic acids is 1. The summed E-state index contributed by atoms with van der Waals surface area (Å²) in [5.74, 6) is -5.30. The quantitative estimate of drug-likeness (QED) is 0.285. The summed E-state index contributed by atoms with van der Waals surface area (Å²) in [5.41, 5.74) is 1.24. The SMILES string of the molecule is CCOC(=O)N1CC2=CC=CCC2CC1c1c(F)c(F)nc(Oc2cc(C#N)ccc2OCc2ccccc2)c1F. The van der Waals surface area contributed by atoms with Gasteiger partial charge in [-0.1, -0.05) is 48.6 Å². The number of piperidine rings is 1. The van der Waals surface area contributed by atoms with Crippen LogP contribution in [-0.2, 0) is 11.3 Å². The van der Waals surface area contributed by atoms with Gasteiger partial charge in [0.1, 0.15) is 6.61 Å². The van der Waals surface area contributed by atoms with E-state index < -0.39 is 41.2 Å². The molecule has 1 aromatic heterocycles. The van der Waals surface area contributed by atoms with Gasteiger partial charge in [0.2, 0.25) is 0 Å². The van der Waals surface area contributed by atoms with E-state index in [4.69, 9.17) is 14.2 Å². The van der Waals surface area contributed by atoms with Gasteiger partial charge in [0.15, 0.2) is 23.1 Å². The Labute approximate surface area is 235 Å². The number of ether oxygens (including phenoxy) is 3. The van der Waals surface area contributed by atoms with Crippen molar-refractivity contribution in [3.05, 3.63) is 107 Å². The molecule has 0 N–H and O–H groups in total. The molecule has 41 heavy (non-hydrogen) atoms. The fraction of sp³-hybridized carbons (Fsp3) is 0.258. The summed E-state index contributed by atoms with van der Waals surface area (Å²) >= 11 is 0. The number of nitriles is 1. The first kappa shape index (κ1) is 27.8. The molecule has 1 saturated heterocycles. The second-order valence-electron chi connectivity index (χ2n) is 9.58. The van der Waals surface area contributed by atoms with Gasteiger partial charge in [-0.05, 0) is 49.0 Å². The van der Waals surface area contributed by atoms with Crippen molar-refractivity contribution in [1.29, 1.82) is 5.26 Å². The van der Waals surface area contributed by atoms with E-state index in [1.807, 2.05) is 54.6 Å². The van der Waals surface area contributed by atoms with E-state index in [0.717, 1.165) is 11.1 Å². The number of halogens is 3. The number of rotatable bonds is 7. The number of aromatic nitrogens is 1. The summed E-state index contributed by atoms with van der Waals surface area (Å²) in [5, 5.41) is 9.39. The van der Waals surface area contributed by atoms with Crippen LogP contribution in [0.1, 0.15) is 42.5 Å². The van der Waals surface area contributed by atoms with Gasteiger partial charge in [-0.2, -0.15) is 14.6 Å². The van der Waals surface area contributed by atoms with E-state index in [2.05, 4.69) is 4.98 Å². The molecule has 3 aromatic rings. The molecule has 2 aromatic carbocycles. The zero-order valence-corrected chi connectivity index (χ0v) is 22.1. The first-order valence-corrected chi connectivity index (χ1v) is 13.1. The van der Waals surface area contributed by atoms with Crippen molar-refractivity contribution in [2.45, 2.75) is 32.4 Å². The van der Waals surface area contributed by atoms with Crippen molar-refractivity contribution >= 4 is 6.09 Å². The second kappa shape index (κ2) is 12.2. The standard InChI is InChI=1S/C31H26F3N3O4/c1-2-39-31(38)37-17-22-11-7-6-10-21(22)15-23(37)26-27(32)29(34)36-30(28(26)33)41-25-14-20(16-35)12-13-24(25)40-18-19-8-4-3-5-9-19/h3-9,11-14,21,23H,2,10,15,17-18H2,1H3. The van der Waals surface area contributed by atoms with E-state index in [9.17, 15) is 14.4 Å². The molecule has 1 aliphatic carbocycles. The first-order chi connectivity index (χ1) is 19.9. The third-order valence-electron chi connectivity index (χ3n) is 7.02. The smallest absolute Gasteiger partial charge is 0.410 e. The number of nitrogens with zero attached hydrogens (tertiary/aromatic N) is 3. The first-order valence-electron chi connectivity index (χ1n) is 13.1. The third-order valence-corrected chi connectivity index (χ3v) is 7.02. The van der Waals surface area contributed by atoms with Crippen LogP contribution in [0.15, 0.2) is 72.3 Å². The van der Waals surface area contributed by atoms with Gasteiger partial charge < -0.3 is 14.2 Å². The molecule has 2 atom stereocenters. The molecule has 10 heteroatoms. The number of hydrogen-bond donors (Lipinski definition) is 0. The molecule has 5 rings (SSSR count). The van der Waals surface area contributed by atoms with E-state index in [1.165, 1.54) is 23.1 Å². The van der Waals surface area contributed by atoms with E-state index in [0.29, 0.717) is 6.42 Å². The minimum atomic E-state index is -1.59. The molecule has 0 bridgehead atoms. The molecule has 2 unspecified atom stereocenters. The number of carbonyl (C=O) groups is 1. The van der Waals surface area contributed by atoms with Crippen LogP contribution in [0.4, 0.5) is 18.0 Å². The highest BCUT2D eigenvalue weighted by atomic mass is 19.2. The molecule has 210 valence electrons. The second-order valence-corrected chi connectivity index (χ2v) is 9.58. The number of benzene rings is 2. The summed E-state index contributed by atoms with van der Waals surface area (Å²) in [6.07, 6.45) is 5.64. The molecule has 2 aliphatic rings. The number of amides is 1. The van der Waals surface area contributed by atoms with Crippen LogP contribution in [0.2, 0.25) is 0 Å². The Morgan fingerprint density at radius 1 is 1.12 bits per heavy atom. The van der Waals surface area contributed by atoms with Gasteiger partial charge in [0, 0.05) is 12.6 Å². The fourth-order valence-electron chi connectivity index (χ4n) is 5.01. The zero-order chi connectivity index (χ0) is 28.9. The van der Waals surface area contributed by atoms with Gasteiger partial charge in [-0.15, -0.1) is 0 Å². The highest BCUT2D eigenvalue weighted by Gasteiger charge is 2.41. The third kappa shape index (κ3) is 5.89. The lowest BCUT2D eigenvalue weighted by molar-refractivity contribution is 0.0761. The van der Waals surface area contributed by atoms with E-state index >= 15 is 8.78 Å². The van der Waals surface area contributed by atoms with Crippen molar-refractivity contribution < 1.29 is 32.2 Å². The molecule has 1 amide bonds. The van der Waals surface area contributed by atoms with Crippen LogP contribution in [0.3, 0.4) is 0 Å². The van der Waals surface area contributed by atoms with Crippen LogP contribution in [-0.4, -0.2) is 29.1 Å². The molecule has 1 aliphatic heterocycles. The number of fused-ring (bicyclic) bond motifs is 1. The summed E-state index contributed by atoms with van der Waals surface area (Å²) in [4.78, 5) is 17.5. The summed E-state index contributed by atoms with van der Waals surface area (Å²) in [6.45, 7) is 1.87. The molecular formula is C31H26F3N3O4. The Morgan fingerprint density at radius 2 is 1.93 bits per heavy atom. The Hall–Kier alpha value is -4.78. The Bertz CT molecular complexity index is 1550. The zero-order valence-electron chi connectivity index (χ0n) is 22.1. The molecule has 1 fully saturated rings. The minimum Gasteiger partial charge on any atom is -0.485 e. The predicted molar refractivity (Wildman–Crippen MR) is 143 cm³/mol. The van der Waals surface area contributed by atoms with Crippen LogP contribution < -0.4 is 9.47 Å². The van der Waals surface area contributed by atoms with Gasteiger partial charge in [-0.3, -0.25) is 4.90 Å². The molecule has 0 radical (unpaired) electrons. The monoisotopic (exact) mass is 561 g/mol. The predicted octanol–water partition coefficient (Wildman–Crippen LogP) is 7.15. The van der Waals surface area contributed by atoms with Crippen molar-refractivity contribution in [3.8, 4) is 23.4 Å². The highest BCUT2D eigenvalue weighted by Crippen LogP contribution is 2.44. The topological polar surface area (TPSA) is 84.7 Å². The van der Waals surface area contributed by atoms with Crippen LogP contribution in [0.5, 0.6) is 17.4 Å². The highest BCUT2D eigenvalue weighted by molar-refractivity contribution is 5.69. The maximum atomic E-state index is 16.1. The number of allylic oxidation sites excluding steroid dienone is 3.